The van der Waals surface area contributed by atoms with Crippen LogP contribution in [0.5, 0.6) is 0 Å². The first-order chi connectivity index (χ1) is 9.52. The molecule has 0 bridgehead atoms. The number of morpholine rings is 1. The standard InChI is InChI=1S/C15H22ClFN2O/c1-10(2)19-6-7-20-14(9-19)15(18-3)12-5-4-11(16)8-13(12)17/h4-5,8,10,14-15,18H,6-7,9H2,1-3H3. The van der Waals surface area contributed by atoms with Gasteiger partial charge in [0.2, 0.25) is 0 Å². The minimum Gasteiger partial charge on any atom is -0.374 e. The van der Waals surface area contributed by atoms with E-state index in [4.69, 9.17) is 16.3 Å². The Morgan fingerprint density at radius 1 is 1.45 bits per heavy atom. The molecule has 1 saturated heterocycles. The van der Waals surface area contributed by atoms with Gasteiger partial charge >= 0.3 is 0 Å². The topological polar surface area (TPSA) is 24.5 Å². The van der Waals surface area contributed by atoms with Crippen molar-refractivity contribution in [3.8, 4) is 0 Å². The first-order valence-corrected chi connectivity index (χ1v) is 7.38. The van der Waals surface area contributed by atoms with Gasteiger partial charge in [-0.15, -0.1) is 0 Å². The molecular weight excluding hydrogens is 279 g/mol. The Bertz CT molecular complexity index is 455. The number of rotatable bonds is 4. The van der Waals surface area contributed by atoms with Crippen molar-refractivity contribution in [1.82, 2.24) is 10.2 Å². The fourth-order valence-corrected chi connectivity index (χ4v) is 2.82. The van der Waals surface area contributed by atoms with Crippen LogP contribution in [0.15, 0.2) is 18.2 Å². The Kier molecular flexibility index (Phi) is 5.38. The molecule has 1 heterocycles. The Labute approximate surface area is 125 Å². The quantitative estimate of drug-likeness (QED) is 0.925. The van der Waals surface area contributed by atoms with E-state index in [1.54, 1.807) is 12.1 Å². The van der Waals surface area contributed by atoms with E-state index < -0.39 is 0 Å². The summed E-state index contributed by atoms with van der Waals surface area (Å²) in [6.07, 6.45) is -0.0631. The first kappa shape index (κ1) is 15.7. The number of likely N-dealkylation sites (N-methyl/N-ethyl adjacent to an activating group) is 1. The number of nitrogens with zero attached hydrogens (tertiary/aromatic N) is 1. The second kappa shape index (κ2) is 6.85. The van der Waals surface area contributed by atoms with Crippen LogP contribution >= 0.6 is 11.6 Å². The number of ether oxygens (including phenoxy) is 1. The summed E-state index contributed by atoms with van der Waals surface area (Å²) in [5.41, 5.74) is 0.604. The van der Waals surface area contributed by atoms with E-state index >= 15 is 0 Å². The van der Waals surface area contributed by atoms with Crippen LogP contribution in [0.3, 0.4) is 0 Å². The molecular formula is C15H22ClFN2O. The van der Waals surface area contributed by atoms with Gasteiger partial charge in [0, 0.05) is 29.7 Å². The van der Waals surface area contributed by atoms with Gasteiger partial charge in [0.25, 0.3) is 0 Å². The Hall–Kier alpha value is -0.680. The van der Waals surface area contributed by atoms with Crippen LogP contribution in [0.2, 0.25) is 5.02 Å². The van der Waals surface area contributed by atoms with E-state index in [0.717, 1.165) is 13.1 Å². The highest BCUT2D eigenvalue weighted by atomic mass is 35.5. The van der Waals surface area contributed by atoms with Gasteiger partial charge in [0.1, 0.15) is 5.82 Å². The van der Waals surface area contributed by atoms with Crippen LogP contribution in [0, 0.1) is 5.82 Å². The van der Waals surface area contributed by atoms with Crippen LogP contribution in [0.1, 0.15) is 25.5 Å². The Morgan fingerprint density at radius 3 is 2.80 bits per heavy atom. The van der Waals surface area contributed by atoms with E-state index in [-0.39, 0.29) is 18.0 Å². The van der Waals surface area contributed by atoms with Crippen molar-refractivity contribution in [3.63, 3.8) is 0 Å². The summed E-state index contributed by atoms with van der Waals surface area (Å²) in [5.74, 6) is -0.290. The zero-order valence-electron chi connectivity index (χ0n) is 12.2. The Morgan fingerprint density at radius 2 is 2.20 bits per heavy atom. The van der Waals surface area contributed by atoms with Gasteiger partial charge in [-0.1, -0.05) is 17.7 Å². The molecule has 5 heteroatoms. The third-order valence-electron chi connectivity index (χ3n) is 3.84. The summed E-state index contributed by atoms with van der Waals surface area (Å²) in [6.45, 7) is 6.73. The predicted molar refractivity (Wildman–Crippen MR) is 79.7 cm³/mol. The van der Waals surface area contributed by atoms with Crippen LogP contribution in [0.4, 0.5) is 4.39 Å². The van der Waals surface area contributed by atoms with Gasteiger partial charge in [0.15, 0.2) is 0 Å². The molecule has 2 unspecified atom stereocenters. The van der Waals surface area contributed by atoms with Crippen LogP contribution < -0.4 is 5.32 Å². The fraction of sp³-hybridized carbons (Fsp3) is 0.600. The molecule has 20 heavy (non-hydrogen) atoms. The molecule has 0 radical (unpaired) electrons. The lowest BCUT2D eigenvalue weighted by atomic mass is 9.99. The number of hydrogen-bond acceptors (Lipinski definition) is 3. The maximum absolute atomic E-state index is 14.1. The third-order valence-corrected chi connectivity index (χ3v) is 4.07. The van der Waals surface area contributed by atoms with Crippen molar-refractivity contribution < 1.29 is 9.13 Å². The zero-order valence-corrected chi connectivity index (χ0v) is 13.0. The van der Waals surface area contributed by atoms with Crippen molar-refractivity contribution >= 4 is 11.6 Å². The van der Waals surface area contributed by atoms with Crippen molar-refractivity contribution in [2.24, 2.45) is 0 Å². The average Bonchev–Trinajstić information content (AvgIpc) is 2.42. The van der Waals surface area contributed by atoms with Crippen molar-refractivity contribution in [2.45, 2.75) is 32.0 Å². The van der Waals surface area contributed by atoms with E-state index in [2.05, 4.69) is 24.1 Å². The zero-order chi connectivity index (χ0) is 14.7. The molecule has 0 saturated carbocycles. The number of halogens is 2. The molecule has 112 valence electrons. The third kappa shape index (κ3) is 3.50. The van der Waals surface area contributed by atoms with Crippen molar-refractivity contribution in [1.29, 1.82) is 0 Å². The molecule has 1 aliphatic heterocycles. The molecule has 2 rings (SSSR count). The highest BCUT2D eigenvalue weighted by Gasteiger charge is 2.30. The molecule has 1 N–H and O–H groups in total. The van der Waals surface area contributed by atoms with E-state index in [1.165, 1.54) is 6.07 Å². The number of benzene rings is 1. The summed E-state index contributed by atoms with van der Waals surface area (Å²) < 4.78 is 20.0. The second-order valence-corrected chi connectivity index (χ2v) is 5.87. The van der Waals surface area contributed by atoms with Crippen LogP contribution in [-0.2, 0) is 4.74 Å². The van der Waals surface area contributed by atoms with E-state index in [1.807, 2.05) is 7.05 Å². The largest absolute Gasteiger partial charge is 0.374 e. The van der Waals surface area contributed by atoms with Crippen molar-refractivity contribution in [2.75, 3.05) is 26.7 Å². The molecule has 0 amide bonds. The highest BCUT2D eigenvalue weighted by molar-refractivity contribution is 6.30. The van der Waals surface area contributed by atoms with E-state index in [9.17, 15) is 4.39 Å². The highest BCUT2D eigenvalue weighted by Crippen LogP contribution is 2.26. The summed E-state index contributed by atoms with van der Waals surface area (Å²) >= 11 is 5.82. The fourth-order valence-electron chi connectivity index (χ4n) is 2.66. The first-order valence-electron chi connectivity index (χ1n) is 7.00. The summed E-state index contributed by atoms with van der Waals surface area (Å²) in [7, 11) is 1.83. The number of nitrogens with one attached hydrogen (secondary N) is 1. The monoisotopic (exact) mass is 300 g/mol. The minimum absolute atomic E-state index is 0.0631. The normalized spacial score (nSPS) is 22.2. The Balaban J connectivity index is 2.19. The molecule has 3 nitrogen and oxygen atoms in total. The lowest BCUT2D eigenvalue weighted by molar-refractivity contribution is -0.0554. The van der Waals surface area contributed by atoms with Crippen LogP contribution in [0.25, 0.3) is 0 Å². The predicted octanol–water partition coefficient (Wildman–Crippen LogP) is 2.85. The maximum Gasteiger partial charge on any atom is 0.129 e. The smallest absolute Gasteiger partial charge is 0.129 e. The lowest BCUT2D eigenvalue weighted by Crippen LogP contribution is -2.50. The molecule has 2 atom stereocenters. The summed E-state index contributed by atoms with van der Waals surface area (Å²) in [6, 6.07) is 5.09. The number of hydrogen-bond donors (Lipinski definition) is 1. The van der Waals surface area contributed by atoms with Crippen LogP contribution in [-0.4, -0.2) is 43.8 Å². The summed E-state index contributed by atoms with van der Waals surface area (Å²) in [5, 5.41) is 3.58. The lowest BCUT2D eigenvalue weighted by Gasteiger charge is -2.39. The van der Waals surface area contributed by atoms with Gasteiger partial charge in [-0.2, -0.15) is 0 Å². The molecule has 0 aliphatic carbocycles. The SMILES string of the molecule is CNC(c1ccc(Cl)cc1F)C1CN(C(C)C)CCO1. The van der Waals surface area contributed by atoms with Gasteiger partial charge in [-0.05, 0) is 33.0 Å². The summed E-state index contributed by atoms with van der Waals surface area (Å²) in [4.78, 5) is 2.35. The molecule has 1 aromatic carbocycles. The minimum atomic E-state index is -0.290. The van der Waals surface area contributed by atoms with Gasteiger partial charge < -0.3 is 10.1 Å². The second-order valence-electron chi connectivity index (χ2n) is 5.43. The molecule has 0 spiro atoms. The molecule has 1 aromatic rings. The van der Waals surface area contributed by atoms with Crippen molar-refractivity contribution in [3.05, 3.63) is 34.6 Å². The van der Waals surface area contributed by atoms with Gasteiger partial charge in [0.05, 0.1) is 18.8 Å². The maximum atomic E-state index is 14.1. The van der Waals surface area contributed by atoms with Gasteiger partial charge in [-0.25, -0.2) is 4.39 Å². The molecule has 0 aromatic heterocycles. The van der Waals surface area contributed by atoms with Gasteiger partial charge in [-0.3, -0.25) is 4.90 Å². The molecule has 1 aliphatic rings. The average molecular weight is 301 g/mol. The van der Waals surface area contributed by atoms with E-state index in [0.29, 0.717) is 23.2 Å². The molecule has 1 fully saturated rings.